The van der Waals surface area contributed by atoms with Crippen molar-refractivity contribution < 1.29 is 22.9 Å². The first kappa shape index (κ1) is 15.0. The molecule has 10 heteroatoms. The Morgan fingerprint density at radius 2 is 2.05 bits per heavy atom. The number of nitrogens with zero attached hydrogens (tertiary/aromatic N) is 1. The molecule has 0 spiro atoms. The number of nitrogens with one attached hydrogen (secondary N) is 1. The zero-order valence-corrected chi connectivity index (χ0v) is 9.88. The Bertz CT molecular complexity index is 533. The Morgan fingerprint density at radius 1 is 1.47 bits per heavy atom. The van der Waals surface area contributed by atoms with Crippen molar-refractivity contribution in [2.75, 3.05) is 12.3 Å². The maximum absolute atomic E-state index is 11.9. The molecule has 0 atom stereocenters. The van der Waals surface area contributed by atoms with Gasteiger partial charge in [0.25, 0.3) is 11.6 Å². The van der Waals surface area contributed by atoms with Crippen molar-refractivity contribution in [3.63, 3.8) is 0 Å². The average Bonchev–Trinajstić information content (AvgIpc) is 2.28. The molecule has 0 bridgehead atoms. The maximum Gasteiger partial charge on any atom is 0.405 e. The van der Waals surface area contributed by atoms with Gasteiger partial charge in [-0.1, -0.05) is 11.6 Å². The number of non-ortho nitro benzene ring substituents is 1. The summed E-state index contributed by atoms with van der Waals surface area (Å²) in [6, 6.07) is 1.66. The van der Waals surface area contributed by atoms with E-state index in [-0.39, 0.29) is 10.7 Å². The highest BCUT2D eigenvalue weighted by Crippen LogP contribution is 2.28. The second-order valence-corrected chi connectivity index (χ2v) is 3.85. The van der Waals surface area contributed by atoms with E-state index in [2.05, 4.69) is 0 Å². The molecule has 0 aliphatic carbocycles. The SMILES string of the molecule is Nc1c(Cl)cc([N+](=O)[O-])cc1C(=O)NCC(F)(F)F. The molecule has 0 aromatic heterocycles. The van der Waals surface area contributed by atoms with Gasteiger partial charge in [-0.25, -0.2) is 0 Å². The van der Waals surface area contributed by atoms with Gasteiger partial charge in [-0.15, -0.1) is 0 Å². The first-order valence-electron chi connectivity index (χ1n) is 4.70. The standard InChI is InChI=1S/C9H7ClF3N3O3/c10-6-2-4(16(18)19)1-5(7(6)14)8(17)15-3-9(11,12)13/h1-2H,3,14H2,(H,15,17). The monoisotopic (exact) mass is 297 g/mol. The van der Waals surface area contributed by atoms with Crippen LogP contribution < -0.4 is 11.1 Å². The summed E-state index contributed by atoms with van der Waals surface area (Å²) in [4.78, 5) is 21.2. The molecule has 1 rings (SSSR count). The van der Waals surface area contributed by atoms with Gasteiger partial charge < -0.3 is 11.1 Å². The van der Waals surface area contributed by atoms with Crippen molar-refractivity contribution in [2.24, 2.45) is 0 Å². The molecule has 0 saturated heterocycles. The minimum absolute atomic E-state index is 0.286. The fraction of sp³-hybridized carbons (Fsp3) is 0.222. The number of halogens is 4. The average molecular weight is 298 g/mol. The predicted molar refractivity (Wildman–Crippen MR) is 60.9 cm³/mol. The zero-order chi connectivity index (χ0) is 14.8. The Kier molecular flexibility index (Phi) is 4.20. The first-order chi connectivity index (χ1) is 8.61. The van der Waals surface area contributed by atoms with Crippen LogP contribution in [0.4, 0.5) is 24.5 Å². The van der Waals surface area contributed by atoms with Crippen LogP contribution >= 0.6 is 11.6 Å². The Hall–Kier alpha value is -2.03. The molecule has 0 radical (unpaired) electrons. The number of amides is 1. The largest absolute Gasteiger partial charge is 0.405 e. The van der Waals surface area contributed by atoms with Gasteiger partial charge in [0.05, 0.1) is 21.2 Å². The number of hydrogen-bond donors (Lipinski definition) is 2. The second-order valence-electron chi connectivity index (χ2n) is 3.44. The molecule has 0 fully saturated rings. The molecule has 19 heavy (non-hydrogen) atoms. The molecule has 0 unspecified atom stereocenters. The van der Waals surface area contributed by atoms with Crippen LogP contribution in [0.5, 0.6) is 0 Å². The number of rotatable bonds is 3. The predicted octanol–water partition coefficient (Wildman–Crippen LogP) is 2.12. The van der Waals surface area contributed by atoms with Gasteiger partial charge in [0.1, 0.15) is 6.54 Å². The van der Waals surface area contributed by atoms with Crippen molar-refractivity contribution in [3.8, 4) is 0 Å². The van der Waals surface area contributed by atoms with E-state index in [1.165, 1.54) is 0 Å². The number of nitro groups is 1. The van der Waals surface area contributed by atoms with Crippen molar-refractivity contribution >= 4 is 28.9 Å². The molecule has 1 amide bonds. The van der Waals surface area contributed by atoms with Crippen LogP contribution in [0.2, 0.25) is 5.02 Å². The first-order valence-corrected chi connectivity index (χ1v) is 5.08. The van der Waals surface area contributed by atoms with Crippen LogP contribution in [-0.4, -0.2) is 23.6 Å². The lowest BCUT2D eigenvalue weighted by Crippen LogP contribution is -2.34. The molecular weight excluding hydrogens is 291 g/mol. The van der Waals surface area contributed by atoms with E-state index in [0.717, 1.165) is 12.1 Å². The van der Waals surface area contributed by atoms with E-state index >= 15 is 0 Å². The number of anilines is 1. The summed E-state index contributed by atoms with van der Waals surface area (Å²) < 4.78 is 35.8. The number of nitrogen functional groups attached to an aromatic ring is 1. The van der Waals surface area contributed by atoms with E-state index < -0.39 is 34.8 Å². The smallest absolute Gasteiger partial charge is 0.397 e. The molecule has 1 aromatic rings. The van der Waals surface area contributed by atoms with E-state index in [4.69, 9.17) is 17.3 Å². The van der Waals surface area contributed by atoms with Gasteiger partial charge in [0.15, 0.2) is 0 Å². The van der Waals surface area contributed by atoms with Gasteiger partial charge in [-0.05, 0) is 0 Å². The van der Waals surface area contributed by atoms with Crippen LogP contribution in [0.15, 0.2) is 12.1 Å². The molecule has 0 aliphatic rings. The number of nitro benzene ring substituents is 1. The number of hydrogen-bond acceptors (Lipinski definition) is 4. The summed E-state index contributed by atoms with van der Waals surface area (Å²) in [5.41, 5.74) is 4.04. The van der Waals surface area contributed by atoms with E-state index in [1.54, 1.807) is 5.32 Å². The summed E-state index contributed by atoms with van der Waals surface area (Å²) in [5, 5.41) is 11.8. The molecule has 3 N–H and O–H groups in total. The van der Waals surface area contributed by atoms with E-state index in [0.29, 0.717) is 0 Å². The fourth-order valence-corrected chi connectivity index (χ4v) is 1.39. The summed E-state index contributed by atoms with van der Waals surface area (Å²) in [6.07, 6.45) is -4.60. The van der Waals surface area contributed by atoms with E-state index in [1.807, 2.05) is 0 Å². The second kappa shape index (κ2) is 5.31. The Morgan fingerprint density at radius 3 is 2.53 bits per heavy atom. The molecule has 104 valence electrons. The quantitative estimate of drug-likeness (QED) is 0.507. The minimum Gasteiger partial charge on any atom is -0.397 e. The lowest BCUT2D eigenvalue weighted by atomic mass is 10.1. The number of nitrogens with two attached hydrogens (primary N) is 1. The van der Waals surface area contributed by atoms with Crippen molar-refractivity contribution in [2.45, 2.75) is 6.18 Å². The number of carbonyl (C=O) groups is 1. The third-order valence-corrected chi connectivity index (χ3v) is 2.33. The van der Waals surface area contributed by atoms with Gasteiger partial charge in [0, 0.05) is 12.1 Å². The van der Waals surface area contributed by atoms with Crippen LogP contribution in [0.3, 0.4) is 0 Å². The third-order valence-electron chi connectivity index (χ3n) is 2.02. The summed E-state index contributed by atoms with van der Waals surface area (Å²) >= 11 is 5.57. The lowest BCUT2D eigenvalue weighted by molar-refractivity contribution is -0.384. The van der Waals surface area contributed by atoms with Crippen LogP contribution in [-0.2, 0) is 0 Å². The molecule has 0 aliphatic heterocycles. The maximum atomic E-state index is 11.9. The third kappa shape index (κ3) is 3.98. The van der Waals surface area contributed by atoms with Gasteiger partial charge in [0.2, 0.25) is 0 Å². The normalized spacial score (nSPS) is 11.2. The van der Waals surface area contributed by atoms with Gasteiger partial charge in [-0.3, -0.25) is 14.9 Å². The van der Waals surface area contributed by atoms with Crippen LogP contribution in [0.1, 0.15) is 10.4 Å². The molecule has 6 nitrogen and oxygen atoms in total. The Labute approximate surface area is 109 Å². The summed E-state index contributed by atoms with van der Waals surface area (Å²) in [7, 11) is 0. The lowest BCUT2D eigenvalue weighted by Gasteiger charge is -2.10. The fourth-order valence-electron chi connectivity index (χ4n) is 1.17. The van der Waals surface area contributed by atoms with Crippen LogP contribution in [0, 0.1) is 10.1 Å². The number of benzene rings is 1. The highest BCUT2D eigenvalue weighted by Gasteiger charge is 2.29. The van der Waals surface area contributed by atoms with Gasteiger partial charge in [-0.2, -0.15) is 13.2 Å². The van der Waals surface area contributed by atoms with E-state index in [9.17, 15) is 28.1 Å². The molecular formula is C9H7ClF3N3O3. The van der Waals surface area contributed by atoms with Crippen molar-refractivity contribution in [1.29, 1.82) is 0 Å². The van der Waals surface area contributed by atoms with Gasteiger partial charge >= 0.3 is 6.18 Å². The highest BCUT2D eigenvalue weighted by molar-refractivity contribution is 6.34. The topological polar surface area (TPSA) is 98.3 Å². The van der Waals surface area contributed by atoms with Crippen molar-refractivity contribution in [1.82, 2.24) is 5.32 Å². The Balaban J connectivity index is 3.05. The highest BCUT2D eigenvalue weighted by atomic mass is 35.5. The van der Waals surface area contributed by atoms with Crippen LogP contribution in [0.25, 0.3) is 0 Å². The molecule has 1 aromatic carbocycles. The summed E-state index contributed by atoms with van der Waals surface area (Å²) in [5.74, 6) is -1.19. The molecule has 0 heterocycles. The minimum atomic E-state index is -4.60. The molecule has 0 saturated carbocycles. The number of carbonyl (C=O) groups excluding carboxylic acids is 1. The zero-order valence-electron chi connectivity index (χ0n) is 9.12. The number of alkyl halides is 3. The summed E-state index contributed by atoms with van der Waals surface area (Å²) in [6.45, 7) is -1.58. The van der Waals surface area contributed by atoms with Crippen molar-refractivity contribution in [3.05, 3.63) is 32.8 Å².